The molecule has 0 saturated heterocycles. The molecule has 5 heteroatoms. The van der Waals surface area contributed by atoms with E-state index < -0.39 is 0 Å². The van der Waals surface area contributed by atoms with Crippen LogP contribution < -0.4 is 14.2 Å². The number of methoxy groups -OCH3 is 3. The quantitative estimate of drug-likeness (QED) is 0.739. The fourth-order valence-electron chi connectivity index (χ4n) is 2.24. The predicted octanol–water partition coefficient (Wildman–Crippen LogP) is 3.32. The largest absolute Gasteiger partial charge is 0.497 e. The van der Waals surface area contributed by atoms with E-state index in [1.54, 1.807) is 27.5 Å². The van der Waals surface area contributed by atoms with Gasteiger partial charge in [-0.15, -0.1) is 0 Å². The van der Waals surface area contributed by atoms with Gasteiger partial charge in [0.25, 0.3) is 0 Å². The standard InChI is InChI=1S/C17H16N2O3/c1-20-13-6-4-11(5-7-13)17-18-10-12-8-15(21-2)16(22-3)9-14(12)19-17/h4-10H,1-3H3. The van der Waals surface area contributed by atoms with Gasteiger partial charge in [-0.25, -0.2) is 9.97 Å². The Morgan fingerprint density at radius 3 is 2.14 bits per heavy atom. The van der Waals surface area contributed by atoms with Gasteiger partial charge < -0.3 is 14.2 Å². The Balaban J connectivity index is 2.08. The van der Waals surface area contributed by atoms with Crippen LogP contribution >= 0.6 is 0 Å². The maximum atomic E-state index is 5.32. The van der Waals surface area contributed by atoms with Crippen molar-refractivity contribution in [2.45, 2.75) is 0 Å². The van der Waals surface area contributed by atoms with Gasteiger partial charge in [0.1, 0.15) is 5.75 Å². The van der Waals surface area contributed by atoms with Crippen LogP contribution in [-0.4, -0.2) is 31.3 Å². The van der Waals surface area contributed by atoms with Crippen molar-refractivity contribution in [3.63, 3.8) is 0 Å². The van der Waals surface area contributed by atoms with Crippen LogP contribution in [0.5, 0.6) is 17.2 Å². The number of nitrogens with zero attached hydrogens (tertiary/aromatic N) is 2. The molecule has 3 aromatic rings. The number of hydrogen-bond donors (Lipinski definition) is 0. The van der Waals surface area contributed by atoms with Crippen molar-refractivity contribution >= 4 is 10.9 Å². The second-order valence-electron chi connectivity index (χ2n) is 4.69. The third-order valence-corrected chi connectivity index (χ3v) is 3.43. The minimum absolute atomic E-state index is 0.648. The summed E-state index contributed by atoms with van der Waals surface area (Å²) in [5, 5.41) is 0.898. The highest BCUT2D eigenvalue weighted by atomic mass is 16.5. The molecule has 0 fully saturated rings. The molecule has 3 rings (SSSR count). The first-order valence-electron chi connectivity index (χ1n) is 6.78. The summed E-state index contributed by atoms with van der Waals surface area (Å²) in [5.41, 5.74) is 1.73. The Labute approximate surface area is 128 Å². The van der Waals surface area contributed by atoms with E-state index in [1.807, 2.05) is 36.4 Å². The minimum atomic E-state index is 0.648. The average Bonchev–Trinajstić information content (AvgIpc) is 2.60. The summed E-state index contributed by atoms with van der Waals surface area (Å²) in [5.74, 6) is 2.77. The minimum Gasteiger partial charge on any atom is -0.497 e. The number of benzene rings is 2. The van der Waals surface area contributed by atoms with Crippen LogP contribution in [0.3, 0.4) is 0 Å². The summed E-state index contributed by atoms with van der Waals surface area (Å²) < 4.78 is 15.8. The Morgan fingerprint density at radius 1 is 0.818 bits per heavy atom. The van der Waals surface area contributed by atoms with E-state index in [9.17, 15) is 0 Å². The number of hydrogen-bond acceptors (Lipinski definition) is 5. The van der Waals surface area contributed by atoms with E-state index in [0.29, 0.717) is 17.3 Å². The molecule has 0 atom stereocenters. The molecule has 0 amide bonds. The van der Waals surface area contributed by atoms with Crippen molar-refractivity contribution in [2.75, 3.05) is 21.3 Å². The molecule has 0 saturated carbocycles. The molecular weight excluding hydrogens is 280 g/mol. The lowest BCUT2D eigenvalue weighted by Gasteiger charge is -2.09. The van der Waals surface area contributed by atoms with Gasteiger partial charge in [-0.1, -0.05) is 0 Å². The molecule has 2 aromatic carbocycles. The molecule has 0 aliphatic rings. The van der Waals surface area contributed by atoms with Crippen LogP contribution in [0, 0.1) is 0 Å². The average molecular weight is 296 g/mol. The molecule has 0 N–H and O–H groups in total. The van der Waals surface area contributed by atoms with Crippen molar-refractivity contribution in [2.24, 2.45) is 0 Å². The second-order valence-corrected chi connectivity index (χ2v) is 4.69. The normalized spacial score (nSPS) is 10.5. The highest BCUT2D eigenvalue weighted by Crippen LogP contribution is 2.32. The first-order chi connectivity index (χ1) is 10.7. The van der Waals surface area contributed by atoms with Crippen LogP contribution in [0.1, 0.15) is 0 Å². The summed E-state index contributed by atoms with van der Waals surface area (Å²) in [6.45, 7) is 0. The molecule has 0 aliphatic heterocycles. The first-order valence-corrected chi connectivity index (χ1v) is 6.78. The highest BCUT2D eigenvalue weighted by molar-refractivity contribution is 5.83. The van der Waals surface area contributed by atoms with Crippen molar-refractivity contribution in [3.05, 3.63) is 42.6 Å². The van der Waals surface area contributed by atoms with Gasteiger partial charge in [0.05, 0.1) is 26.8 Å². The molecule has 0 bridgehead atoms. The van der Waals surface area contributed by atoms with E-state index in [4.69, 9.17) is 14.2 Å². The van der Waals surface area contributed by atoms with Gasteiger partial charge in [-0.3, -0.25) is 0 Å². The van der Waals surface area contributed by atoms with E-state index in [1.165, 1.54) is 0 Å². The number of aromatic nitrogens is 2. The van der Waals surface area contributed by atoms with Gasteiger partial charge in [0.15, 0.2) is 17.3 Å². The van der Waals surface area contributed by atoms with Gasteiger partial charge in [-0.2, -0.15) is 0 Å². The molecule has 0 radical (unpaired) electrons. The summed E-state index contributed by atoms with van der Waals surface area (Å²) in [6, 6.07) is 11.4. The Bertz CT molecular complexity index is 801. The van der Waals surface area contributed by atoms with Gasteiger partial charge in [0.2, 0.25) is 0 Å². The topological polar surface area (TPSA) is 53.5 Å². The second kappa shape index (κ2) is 5.89. The van der Waals surface area contributed by atoms with E-state index in [-0.39, 0.29) is 0 Å². The molecule has 112 valence electrons. The molecule has 0 aliphatic carbocycles. The highest BCUT2D eigenvalue weighted by Gasteiger charge is 2.09. The number of rotatable bonds is 4. The maximum Gasteiger partial charge on any atom is 0.162 e. The van der Waals surface area contributed by atoms with Gasteiger partial charge >= 0.3 is 0 Å². The fraction of sp³-hybridized carbons (Fsp3) is 0.176. The molecule has 1 aromatic heterocycles. The van der Waals surface area contributed by atoms with Crippen molar-refractivity contribution < 1.29 is 14.2 Å². The molecule has 0 spiro atoms. The van der Waals surface area contributed by atoms with Gasteiger partial charge in [-0.05, 0) is 30.3 Å². The molecule has 5 nitrogen and oxygen atoms in total. The third kappa shape index (κ3) is 2.53. The van der Waals surface area contributed by atoms with Crippen LogP contribution in [-0.2, 0) is 0 Å². The zero-order valence-electron chi connectivity index (χ0n) is 12.7. The van der Waals surface area contributed by atoms with Crippen LogP contribution in [0.4, 0.5) is 0 Å². The van der Waals surface area contributed by atoms with Crippen LogP contribution in [0.15, 0.2) is 42.6 Å². The zero-order chi connectivity index (χ0) is 15.5. The molecule has 22 heavy (non-hydrogen) atoms. The third-order valence-electron chi connectivity index (χ3n) is 3.43. The Morgan fingerprint density at radius 2 is 1.50 bits per heavy atom. The first kappa shape index (κ1) is 14.1. The summed E-state index contributed by atoms with van der Waals surface area (Å²) in [6.07, 6.45) is 1.78. The van der Waals surface area contributed by atoms with Crippen LogP contribution in [0.2, 0.25) is 0 Å². The summed E-state index contributed by atoms with van der Waals surface area (Å²) in [4.78, 5) is 9.01. The fourth-order valence-corrected chi connectivity index (χ4v) is 2.24. The summed E-state index contributed by atoms with van der Waals surface area (Å²) >= 11 is 0. The predicted molar refractivity (Wildman–Crippen MR) is 84.6 cm³/mol. The van der Waals surface area contributed by atoms with E-state index in [2.05, 4.69) is 9.97 Å². The van der Waals surface area contributed by atoms with Crippen molar-refractivity contribution in [1.29, 1.82) is 0 Å². The summed E-state index contributed by atoms with van der Waals surface area (Å²) in [7, 11) is 4.85. The van der Waals surface area contributed by atoms with Crippen molar-refractivity contribution in [1.82, 2.24) is 9.97 Å². The van der Waals surface area contributed by atoms with E-state index in [0.717, 1.165) is 22.2 Å². The molecular formula is C17H16N2O3. The zero-order valence-corrected chi connectivity index (χ0v) is 12.7. The smallest absolute Gasteiger partial charge is 0.162 e. The van der Waals surface area contributed by atoms with Gasteiger partial charge in [0, 0.05) is 23.2 Å². The number of ether oxygens (including phenoxy) is 3. The lowest BCUT2D eigenvalue weighted by molar-refractivity contribution is 0.356. The lowest BCUT2D eigenvalue weighted by Crippen LogP contribution is -1.94. The SMILES string of the molecule is COc1ccc(-c2ncc3cc(OC)c(OC)cc3n2)cc1. The molecule has 0 unspecified atom stereocenters. The molecule has 1 heterocycles. The Kier molecular flexibility index (Phi) is 3.78. The monoisotopic (exact) mass is 296 g/mol. The lowest BCUT2D eigenvalue weighted by atomic mass is 10.1. The number of fused-ring (bicyclic) bond motifs is 1. The van der Waals surface area contributed by atoms with E-state index >= 15 is 0 Å². The van der Waals surface area contributed by atoms with Crippen molar-refractivity contribution in [3.8, 4) is 28.6 Å². The van der Waals surface area contributed by atoms with Crippen LogP contribution in [0.25, 0.3) is 22.3 Å². The Hall–Kier alpha value is -2.82. The maximum absolute atomic E-state index is 5.32.